The normalized spacial score (nSPS) is 10.7. The van der Waals surface area contributed by atoms with Crippen LogP contribution in [0.2, 0.25) is 0 Å². The molecule has 0 fully saturated rings. The average molecular weight is 1600 g/mol. The fourth-order valence-corrected chi connectivity index (χ4v) is 10.8. The summed E-state index contributed by atoms with van der Waals surface area (Å²) in [5.74, 6) is -3.63. The summed E-state index contributed by atoms with van der Waals surface area (Å²) in [6.07, 6.45) is 8.41. The summed E-state index contributed by atoms with van der Waals surface area (Å²) in [5.41, 5.74) is 3.33. The molecule has 1 atom stereocenters. The minimum Gasteiger partial charge on any atom is -0.489 e. The Kier molecular flexibility index (Phi) is 36.5. The van der Waals surface area contributed by atoms with E-state index in [1.54, 1.807) is 19.1 Å². The SMILES string of the molecule is C=CCOC(=O)c1cccc(C(=O)OCC(C)OC(=O)c2cccc(C(=O)OCC=C)c2)c1.C=CCOC(=O)c1cccc(C(=O)OCCOC(=O)c2cccc(C(=O)OCC=C)c2)c1.C=CCOCCOc1c(Br)cc(C(C)(C)c2cc(Br)c(OCCOCC=C)c(Br)c2)cc1Br. The number of hydrogen-bond acceptors (Lipinski definition) is 20. The zero-order valence-corrected chi connectivity index (χ0v) is 60.5. The summed E-state index contributed by atoms with van der Waals surface area (Å²) in [5, 5.41) is 0. The van der Waals surface area contributed by atoms with Gasteiger partial charge in [-0.3, -0.25) is 0 Å². The van der Waals surface area contributed by atoms with Crippen molar-refractivity contribution in [1.29, 1.82) is 0 Å². The molecule has 0 N–H and O–H groups in total. The van der Waals surface area contributed by atoms with Gasteiger partial charge >= 0.3 is 47.8 Å². The maximum atomic E-state index is 12.4. The lowest BCUT2D eigenvalue weighted by atomic mass is 9.78. The van der Waals surface area contributed by atoms with E-state index >= 15 is 0 Å². The molecule has 0 bridgehead atoms. The van der Waals surface area contributed by atoms with Crippen molar-refractivity contribution < 1.29 is 95.2 Å². The molecular weight excluding hydrogens is 1530 g/mol. The Bertz CT molecular complexity index is 3580. The number of esters is 8. The summed E-state index contributed by atoms with van der Waals surface area (Å²) < 4.78 is 66.4. The first-order valence-corrected chi connectivity index (χ1v) is 33.1. The molecule has 98 heavy (non-hydrogen) atoms. The number of carbonyl (C=O) groups excluding carboxylic acids is 8. The molecule has 0 aliphatic heterocycles. The van der Waals surface area contributed by atoms with Crippen LogP contribution in [0, 0.1) is 0 Å². The van der Waals surface area contributed by atoms with E-state index in [0.29, 0.717) is 39.6 Å². The molecule has 24 heteroatoms. The molecular formula is C74H74Br4O20. The molecule has 0 saturated carbocycles. The molecule has 0 saturated heterocycles. The predicted octanol–water partition coefficient (Wildman–Crippen LogP) is 15.4. The van der Waals surface area contributed by atoms with Crippen LogP contribution in [0.3, 0.4) is 0 Å². The second-order valence-corrected chi connectivity index (χ2v) is 24.0. The summed E-state index contributed by atoms with van der Waals surface area (Å²) in [6.45, 7) is 29.6. The van der Waals surface area contributed by atoms with E-state index in [-0.39, 0.29) is 96.2 Å². The first-order chi connectivity index (χ1) is 47.0. The van der Waals surface area contributed by atoms with Crippen LogP contribution in [0.5, 0.6) is 11.5 Å². The first-order valence-electron chi connectivity index (χ1n) is 29.9. The topological polar surface area (TPSA) is 247 Å². The van der Waals surface area contributed by atoms with Crippen LogP contribution in [0.25, 0.3) is 0 Å². The van der Waals surface area contributed by atoms with E-state index in [1.807, 2.05) is 0 Å². The third-order valence-electron chi connectivity index (χ3n) is 12.8. The third-order valence-corrected chi connectivity index (χ3v) is 15.2. The molecule has 0 heterocycles. The minimum absolute atomic E-state index is 0.0504. The maximum Gasteiger partial charge on any atom is 0.338 e. The highest BCUT2D eigenvalue weighted by Crippen LogP contribution is 2.44. The number of carbonyl (C=O) groups is 8. The van der Waals surface area contributed by atoms with Crippen LogP contribution in [-0.2, 0) is 52.8 Å². The smallest absolute Gasteiger partial charge is 0.338 e. The molecule has 0 spiro atoms. The second kappa shape index (κ2) is 44.0. The quantitative estimate of drug-likeness (QED) is 0.0153. The number of rotatable bonds is 36. The van der Waals surface area contributed by atoms with E-state index in [1.165, 1.54) is 121 Å². The Hall–Kier alpha value is -9.04. The van der Waals surface area contributed by atoms with Crippen LogP contribution < -0.4 is 9.47 Å². The molecule has 0 aromatic heterocycles. The summed E-state index contributed by atoms with van der Waals surface area (Å²) in [4.78, 5) is 96.5. The molecule has 6 aromatic rings. The fraction of sp³-hybridized carbons (Fsp3) is 0.243. The van der Waals surface area contributed by atoms with E-state index in [4.69, 9.17) is 56.8 Å². The van der Waals surface area contributed by atoms with Gasteiger partial charge in [0.05, 0.1) is 88.8 Å². The van der Waals surface area contributed by atoms with Gasteiger partial charge in [-0.1, -0.05) is 101 Å². The highest BCUT2D eigenvalue weighted by atomic mass is 79.9. The van der Waals surface area contributed by atoms with E-state index in [2.05, 4.69) is 141 Å². The lowest BCUT2D eigenvalue weighted by Gasteiger charge is -2.28. The Morgan fingerprint density at radius 2 is 0.612 bits per heavy atom. The van der Waals surface area contributed by atoms with Crippen LogP contribution in [0.1, 0.15) is 115 Å². The zero-order valence-electron chi connectivity index (χ0n) is 54.2. The Labute approximate surface area is 603 Å². The van der Waals surface area contributed by atoms with Crippen LogP contribution >= 0.6 is 63.7 Å². The van der Waals surface area contributed by atoms with Crippen molar-refractivity contribution in [3.8, 4) is 11.5 Å². The summed E-state index contributed by atoms with van der Waals surface area (Å²) in [7, 11) is 0. The number of benzene rings is 6. The predicted molar refractivity (Wildman–Crippen MR) is 382 cm³/mol. The van der Waals surface area contributed by atoms with Gasteiger partial charge in [0.1, 0.15) is 77.1 Å². The van der Waals surface area contributed by atoms with Crippen molar-refractivity contribution in [3.63, 3.8) is 0 Å². The van der Waals surface area contributed by atoms with Gasteiger partial charge in [0.2, 0.25) is 0 Å². The highest BCUT2D eigenvalue weighted by Gasteiger charge is 2.28. The van der Waals surface area contributed by atoms with Crippen molar-refractivity contribution in [3.05, 3.63) is 271 Å². The molecule has 0 radical (unpaired) electrons. The van der Waals surface area contributed by atoms with Gasteiger partial charge < -0.3 is 56.8 Å². The Balaban J connectivity index is 0.000000312. The largest absolute Gasteiger partial charge is 0.489 e. The van der Waals surface area contributed by atoms with Crippen molar-refractivity contribution in [2.24, 2.45) is 0 Å². The second-order valence-electron chi connectivity index (χ2n) is 20.5. The van der Waals surface area contributed by atoms with Crippen LogP contribution in [0.15, 0.2) is 215 Å². The number of halogens is 4. The van der Waals surface area contributed by atoms with Gasteiger partial charge in [-0.05, 0) is 179 Å². The van der Waals surface area contributed by atoms with E-state index in [9.17, 15) is 38.4 Å². The molecule has 1 unspecified atom stereocenters. The number of ether oxygens (including phenoxy) is 12. The summed E-state index contributed by atoms with van der Waals surface area (Å²) >= 11 is 14.7. The van der Waals surface area contributed by atoms with Crippen LogP contribution in [0.4, 0.5) is 0 Å². The van der Waals surface area contributed by atoms with Gasteiger partial charge in [0.25, 0.3) is 0 Å². The molecule has 518 valence electrons. The number of hydrogen-bond donors (Lipinski definition) is 0. The zero-order chi connectivity index (χ0) is 72.0. The van der Waals surface area contributed by atoms with Gasteiger partial charge in [-0.25, -0.2) is 38.4 Å². The van der Waals surface area contributed by atoms with Gasteiger partial charge in [-0.2, -0.15) is 0 Å². The van der Waals surface area contributed by atoms with Crippen molar-refractivity contribution in [1.82, 2.24) is 0 Å². The molecule has 0 aliphatic rings. The highest BCUT2D eigenvalue weighted by molar-refractivity contribution is 9.11. The van der Waals surface area contributed by atoms with E-state index < -0.39 is 53.9 Å². The third kappa shape index (κ3) is 27.5. The lowest BCUT2D eigenvalue weighted by Crippen LogP contribution is -2.23. The first kappa shape index (κ1) is 81.4. The standard InChI is InChI=1S/C25H28Br4O4.C25H24O8.C24H22O8/c1-5-7-30-9-11-32-23-19(26)13-17(14-20(23)27)25(3,4)18-15-21(28)24(22(29)16-18)33-12-10-31-8-6-2;1-4-12-30-22(26)18-8-6-10-20(14-18)24(28)32-16-17(3)33-25(29)21-11-7-9-19(15-21)23(27)31-13-5-2;1-3-11-29-21(25)17-7-5-9-19(15-17)23(27)31-13-14-32-24(28)20-10-6-8-18(16-20)22(26)30-12-4-2/h5-6,13-16H,1-2,7-12H2,3-4H3;4-11,14-15,17H,1-2,12-13,16H2,3H3;3-10,15-16H,1-2,11-14H2. The maximum absolute atomic E-state index is 12.4. The molecule has 20 nitrogen and oxygen atoms in total. The van der Waals surface area contributed by atoms with Gasteiger partial charge in [-0.15, -0.1) is 13.2 Å². The lowest BCUT2D eigenvalue weighted by molar-refractivity contribution is 0.00445. The van der Waals surface area contributed by atoms with Crippen molar-refractivity contribution >= 4 is 111 Å². The molecule has 0 aliphatic carbocycles. The van der Waals surface area contributed by atoms with Gasteiger partial charge in [0.15, 0.2) is 0 Å². The summed E-state index contributed by atoms with van der Waals surface area (Å²) in [6, 6.07) is 31.8. The Morgan fingerprint density at radius 1 is 0.357 bits per heavy atom. The minimum atomic E-state index is -0.765. The molecule has 0 amide bonds. The molecule has 6 aromatic carbocycles. The molecule has 6 rings (SSSR count). The van der Waals surface area contributed by atoms with Crippen LogP contribution in [-0.4, -0.2) is 140 Å². The van der Waals surface area contributed by atoms with E-state index in [0.717, 1.165) is 40.5 Å². The van der Waals surface area contributed by atoms with Gasteiger partial charge in [0, 0.05) is 5.41 Å². The Morgan fingerprint density at radius 3 is 0.888 bits per heavy atom. The van der Waals surface area contributed by atoms with Crippen molar-refractivity contribution in [2.45, 2.75) is 32.3 Å². The monoisotopic (exact) mass is 1600 g/mol. The fourth-order valence-electron chi connectivity index (χ4n) is 7.98. The van der Waals surface area contributed by atoms with Crippen molar-refractivity contribution in [2.75, 3.05) is 85.9 Å². The average Bonchev–Trinajstić information content (AvgIpc) is 0.779.